The Hall–Kier alpha value is -1.05. The molecule has 2 heterocycles. The number of aliphatic carboxylic acids is 1. The van der Waals surface area contributed by atoms with Gasteiger partial charge in [0.25, 0.3) is 0 Å². The first kappa shape index (κ1) is 14.4. The van der Waals surface area contributed by atoms with Crippen LogP contribution in [-0.4, -0.2) is 51.4 Å². The van der Waals surface area contributed by atoms with E-state index in [1.54, 1.807) is 6.92 Å². The van der Waals surface area contributed by atoms with Crippen molar-refractivity contribution in [2.24, 2.45) is 17.6 Å². The van der Waals surface area contributed by atoms with Gasteiger partial charge in [0, 0.05) is 23.1 Å². The van der Waals surface area contributed by atoms with Crippen LogP contribution in [0.15, 0.2) is 10.6 Å². The molecule has 1 amide bonds. The molecule has 4 N–H and O–H groups in total. The molecular weight excluding hydrogens is 268 g/mol. The Bertz CT molecular complexity index is 449. The maximum absolute atomic E-state index is 12.0. The zero-order valence-corrected chi connectivity index (χ0v) is 11.7. The standard InChI is InChI=1S/C12H18N2O4S/c1-5-8-7(6(2)15)11(16)14(8)9(12(17)18)10(5)19-4-3-13/h5-8,15H,3-4,13H2,1-2H3,(H,17,18)/t5-,6-,7-,8-/m1/s1. The van der Waals surface area contributed by atoms with Gasteiger partial charge in [-0.2, -0.15) is 0 Å². The van der Waals surface area contributed by atoms with Crippen molar-refractivity contribution in [1.29, 1.82) is 0 Å². The summed E-state index contributed by atoms with van der Waals surface area (Å²) in [6.07, 6.45) is -0.759. The summed E-state index contributed by atoms with van der Waals surface area (Å²) in [5.74, 6) is -1.34. The van der Waals surface area contributed by atoms with E-state index in [1.807, 2.05) is 6.92 Å². The van der Waals surface area contributed by atoms with Crippen LogP contribution in [0.5, 0.6) is 0 Å². The molecule has 0 radical (unpaired) electrons. The SMILES string of the molecule is C[C@@H](O)[C@H]1C(=O)N2C(C(=O)O)=C(SCCN)[C@H](C)[C@H]12. The monoisotopic (exact) mass is 286 g/mol. The van der Waals surface area contributed by atoms with Crippen molar-refractivity contribution in [3.8, 4) is 0 Å². The molecular formula is C12H18N2O4S. The fourth-order valence-electron chi connectivity index (χ4n) is 2.88. The molecule has 1 saturated heterocycles. The van der Waals surface area contributed by atoms with Crippen LogP contribution >= 0.6 is 11.8 Å². The molecule has 1 fully saturated rings. The first-order valence-corrected chi connectivity index (χ1v) is 7.21. The van der Waals surface area contributed by atoms with Crippen molar-refractivity contribution in [2.75, 3.05) is 12.3 Å². The van der Waals surface area contributed by atoms with Crippen molar-refractivity contribution in [3.63, 3.8) is 0 Å². The molecule has 2 aliphatic heterocycles. The Morgan fingerprint density at radius 1 is 1.58 bits per heavy atom. The number of hydrogen-bond donors (Lipinski definition) is 3. The number of rotatable bonds is 5. The number of carboxylic acids is 1. The zero-order valence-electron chi connectivity index (χ0n) is 10.9. The van der Waals surface area contributed by atoms with Crippen molar-refractivity contribution in [3.05, 3.63) is 10.6 Å². The molecule has 0 aliphatic carbocycles. The first-order chi connectivity index (χ1) is 8.91. The van der Waals surface area contributed by atoms with E-state index in [1.165, 1.54) is 16.7 Å². The number of nitrogens with two attached hydrogens (primary N) is 1. The highest BCUT2D eigenvalue weighted by atomic mass is 32.2. The molecule has 0 spiro atoms. The lowest BCUT2D eigenvalue weighted by Crippen LogP contribution is -2.63. The molecule has 6 nitrogen and oxygen atoms in total. The fourth-order valence-corrected chi connectivity index (χ4v) is 3.95. The number of β-lactam (4-membered cyclic amide) rings is 1. The topological polar surface area (TPSA) is 104 Å². The Morgan fingerprint density at radius 3 is 2.68 bits per heavy atom. The van der Waals surface area contributed by atoms with Gasteiger partial charge in [0.2, 0.25) is 5.91 Å². The van der Waals surface area contributed by atoms with Gasteiger partial charge < -0.3 is 20.8 Å². The summed E-state index contributed by atoms with van der Waals surface area (Å²) in [5, 5.41) is 19.0. The number of amides is 1. The average Bonchev–Trinajstić information content (AvgIpc) is 2.56. The Balaban J connectivity index is 2.32. The van der Waals surface area contributed by atoms with Crippen LogP contribution in [0.2, 0.25) is 0 Å². The number of carboxylic acid groups (broad SMARTS) is 1. The van der Waals surface area contributed by atoms with E-state index in [-0.39, 0.29) is 23.6 Å². The van der Waals surface area contributed by atoms with E-state index in [2.05, 4.69) is 0 Å². The largest absolute Gasteiger partial charge is 0.477 e. The lowest BCUT2D eigenvalue weighted by Gasteiger charge is -2.46. The summed E-state index contributed by atoms with van der Waals surface area (Å²) in [4.78, 5) is 25.4. The third-order valence-corrected chi connectivity index (χ3v) is 5.00. The van der Waals surface area contributed by atoms with Gasteiger partial charge in [-0.3, -0.25) is 4.79 Å². The van der Waals surface area contributed by atoms with E-state index in [0.29, 0.717) is 17.2 Å². The van der Waals surface area contributed by atoms with Gasteiger partial charge in [0.15, 0.2) is 0 Å². The minimum atomic E-state index is -1.09. The minimum absolute atomic E-state index is 0.0675. The number of aliphatic hydroxyl groups is 1. The molecule has 2 aliphatic rings. The van der Waals surface area contributed by atoms with Gasteiger partial charge in [-0.05, 0) is 6.92 Å². The molecule has 19 heavy (non-hydrogen) atoms. The third kappa shape index (κ3) is 2.05. The number of aliphatic hydroxyl groups excluding tert-OH is 1. The Morgan fingerprint density at radius 2 is 2.21 bits per heavy atom. The predicted molar refractivity (Wildman–Crippen MR) is 71.1 cm³/mol. The van der Waals surface area contributed by atoms with E-state index in [9.17, 15) is 19.8 Å². The van der Waals surface area contributed by atoms with Gasteiger partial charge in [-0.25, -0.2) is 4.79 Å². The lowest BCUT2D eigenvalue weighted by molar-refractivity contribution is -0.163. The van der Waals surface area contributed by atoms with Crippen molar-refractivity contribution < 1.29 is 19.8 Å². The van der Waals surface area contributed by atoms with E-state index in [0.717, 1.165) is 0 Å². The molecule has 0 aromatic heterocycles. The molecule has 106 valence electrons. The number of carbonyl (C=O) groups excluding carboxylic acids is 1. The van der Waals surface area contributed by atoms with E-state index in [4.69, 9.17) is 5.73 Å². The van der Waals surface area contributed by atoms with Crippen LogP contribution in [0.4, 0.5) is 0 Å². The highest BCUT2D eigenvalue weighted by Gasteiger charge is 2.59. The molecule has 0 bridgehead atoms. The van der Waals surface area contributed by atoms with Crippen molar-refractivity contribution >= 4 is 23.6 Å². The summed E-state index contributed by atoms with van der Waals surface area (Å²) >= 11 is 1.39. The summed E-state index contributed by atoms with van der Waals surface area (Å²) < 4.78 is 0. The molecule has 7 heteroatoms. The summed E-state index contributed by atoms with van der Waals surface area (Å²) in [6.45, 7) is 3.92. The van der Waals surface area contributed by atoms with Crippen LogP contribution in [0, 0.1) is 11.8 Å². The van der Waals surface area contributed by atoms with Crippen molar-refractivity contribution in [1.82, 2.24) is 4.90 Å². The second-order valence-electron chi connectivity index (χ2n) is 4.91. The summed E-state index contributed by atoms with van der Waals surface area (Å²) in [5.41, 5.74) is 5.52. The lowest BCUT2D eigenvalue weighted by atomic mass is 9.79. The smallest absolute Gasteiger partial charge is 0.353 e. The van der Waals surface area contributed by atoms with Crippen molar-refractivity contribution in [2.45, 2.75) is 26.0 Å². The van der Waals surface area contributed by atoms with Gasteiger partial charge in [0.1, 0.15) is 5.70 Å². The number of carbonyl (C=O) groups is 2. The molecule has 0 aromatic carbocycles. The van der Waals surface area contributed by atoms with E-state index < -0.39 is 18.0 Å². The molecule has 0 saturated carbocycles. The van der Waals surface area contributed by atoms with Crippen LogP contribution in [0.3, 0.4) is 0 Å². The third-order valence-electron chi connectivity index (χ3n) is 3.69. The number of thioether (sulfide) groups is 1. The summed E-state index contributed by atoms with van der Waals surface area (Å²) in [7, 11) is 0. The molecule has 0 aromatic rings. The molecule has 4 atom stereocenters. The van der Waals surface area contributed by atoms with E-state index >= 15 is 0 Å². The Labute approximate surface area is 115 Å². The van der Waals surface area contributed by atoms with Crippen LogP contribution < -0.4 is 5.73 Å². The maximum Gasteiger partial charge on any atom is 0.353 e. The number of fused-ring (bicyclic) bond motifs is 1. The van der Waals surface area contributed by atoms with Crippen LogP contribution in [0.25, 0.3) is 0 Å². The van der Waals surface area contributed by atoms with Crippen LogP contribution in [0.1, 0.15) is 13.8 Å². The quantitative estimate of drug-likeness (QED) is 0.606. The molecule has 0 unspecified atom stereocenters. The van der Waals surface area contributed by atoms with Gasteiger partial charge >= 0.3 is 5.97 Å². The highest BCUT2D eigenvalue weighted by Crippen LogP contribution is 2.50. The zero-order chi connectivity index (χ0) is 14.3. The highest BCUT2D eigenvalue weighted by molar-refractivity contribution is 8.03. The maximum atomic E-state index is 12.0. The van der Waals surface area contributed by atoms with Gasteiger partial charge in [0.05, 0.1) is 18.1 Å². The first-order valence-electron chi connectivity index (χ1n) is 6.23. The number of hydrogen-bond acceptors (Lipinski definition) is 5. The second kappa shape index (κ2) is 5.15. The Kier molecular flexibility index (Phi) is 3.89. The molecule has 2 rings (SSSR count). The summed E-state index contributed by atoms with van der Waals surface area (Å²) in [6, 6.07) is -0.237. The second-order valence-corrected chi connectivity index (χ2v) is 6.05. The minimum Gasteiger partial charge on any atom is -0.477 e. The number of nitrogens with zero attached hydrogens (tertiary/aromatic N) is 1. The fraction of sp³-hybridized carbons (Fsp3) is 0.667. The average molecular weight is 286 g/mol. The predicted octanol–water partition coefficient (Wildman–Crippen LogP) is -0.168. The normalized spacial score (nSPS) is 31.3. The van der Waals surface area contributed by atoms with Gasteiger partial charge in [-0.1, -0.05) is 6.92 Å². The van der Waals surface area contributed by atoms with Crippen LogP contribution in [-0.2, 0) is 9.59 Å². The van der Waals surface area contributed by atoms with Gasteiger partial charge in [-0.15, -0.1) is 11.8 Å².